The number of hydrogen-bond donors (Lipinski definition) is 1. The number of halogens is 1. The first-order valence-corrected chi connectivity index (χ1v) is 6.51. The van der Waals surface area contributed by atoms with Crippen LogP contribution in [0.3, 0.4) is 0 Å². The lowest BCUT2D eigenvalue weighted by Crippen LogP contribution is -2.07. The van der Waals surface area contributed by atoms with Gasteiger partial charge in [-0.05, 0) is 22.6 Å². The summed E-state index contributed by atoms with van der Waals surface area (Å²) in [5.74, 6) is 0.0471. The highest BCUT2D eigenvalue weighted by atomic mass is 35.5. The molecule has 2 aromatic rings. The third-order valence-electron chi connectivity index (χ3n) is 2.56. The maximum absolute atomic E-state index is 12.0. The molecule has 0 saturated carbocycles. The Bertz CT molecular complexity index is 536. The molecule has 0 bridgehead atoms. The molecule has 0 unspecified atom stereocenters. The Balaban J connectivity index is 2.22. The zero-order valence-electron chi connectivity index (χ0n) is 9.15. The second-order valence-corrected chi connectivity index (χ2v) is 4.99. The fourth-order valence-corrected chi connectivity index (χ4v) is 2.78. The van der Waals surface area contributed by atoms with Gasteiger partial charge in [-0.15, -0.1) is 11.3 Å². The number of nitrogens with two attached hydrogens (primary N) is 1. The predicted octanol–water partition coefficient (Wildman–Crippen LogP) is 3.29. The number of benzene rings is 1. The molecule has 1 aromatic heterocycles. The van der Waals surface area contributed by atoms with Gasteiger partial charge < -0.3 is 5.73 Å². The van der Waals surface area contributed by atoms with Gasteiger partial charge in [0.1, 0.15) is 0 Å². The summed E-state index contributed by atoms with van der Waals surface area (Å²) in [6.45, 7) is 0.446. The topological polar surface area (TPSA) is 43.1 Å². The molecule has 0 radical (unpaired) electrons. The summed E-state index contributed by atoms with van der Waals surface area (Å²) in [5.41, 5.74) is 7.62. The van der Waals surface area contributed by atoms with E-state index < -0.39 is 0 Å². The number of carbonyl (C=O) groups excluding carboxylic acids is 1. The monoisotopic (exact) mass is 265 g/mol. The highest BCUT2D eigenvalue weighted by molar-refractivity contribution is 7.12. The zero-order valence-corrected chi connectivity index (χ0v) is 10.7. The Kier molecular flexibility index (Phi) is 3.94. The van der Waals surface area contributed by atoms with E-state index in [1.165, 1.54) is 11.3 Å². The van der Waals surface area contributed by atoms with E-state index in [0.717, 1.165) is 11.1 Å². The predicted molar refractivity (Wildman–Crippen MR) is 71.7 cm³/mol. The molecule has 0 aliphatic rings. The van der Waals surface area contributed by atoms with Gasteiger partial charge in [0.05, 0.1) is 9.90 Å². The van der Waals surface area contributed by atoms with Crippen LogP contribution in [0.2, 0.25) is 5.02 Å². The lowest BCUT2D eigenvalue weighted by Gasteiger charge is -2.06. The SMILES string of the molecule is NCc1ccccc1CC(=O)c1sccc1Cl. The van der Waals surface area contributed by atoms with Crippen LogP contribution in [0.15, 0.2) is 35.7 Å². The van der Waals surface area contributed by atoms with E-state index in [1.807, 2.05) is 29.6 Å². The molecule has 88 valence electrons. The molecule has 0 aliphatic carbocycles. The fourth-order valence-electron chi connectivity index (χ4n) is 1.68. The molecule has 2 N–H and O–H groups in total. The van der Waals surface area contributed by atoms with E-state index in [-0.39, 0.29) is 5.78 Å². The van der Waals surface area contributed by atoms with Gasteiger partial charge in [-0.25, -0.2) is 0 Å². The summed E-state index contributed by atoms with van der Waals surface area (Å²) in [4.78, 5) is 12.7. The summed E-state index contributed by atoms with van der Waals surface area (Å²) in [5, 5.41) is 2.36. The van der Waals surface area contributed by atoms with E-state index in [2.05, 4.69) is 0 Å². The van der Waals surface area contributed by atoms with Crippen LogP contribution in [0.5, 0.6) is 0 Å². The molecule has 0 spiro atoms. The van der Waals surface area contributed by atoms with Gasteiger partial charge in [0, 0.05) is 13.0 Å². The van der Waals surface area contributed by atoms with Crippen molar-refractivity contribution < 1.29 is 4.79 Å². The number of rotatable bonds is 4. The third kappa shape index (κ3) is 2.75. The molecular weight excluding hydrogens is 254 g/mol. The Labute approximate surface area is 109 Å². The molecule has 0 amide bonds. The third-order valence-corrected chi connectivity index (χ3v) is 3.94. The van der Waals surface area contributed by atoms with Crippen LogP contribution in [0.1, 0.15) is 20.8 Å². The first-order valence-electron chi connectivity index (χ1n) is 5.25. The molecule has 0 aliphatic heterocycles. The standard InChI is InChI=1S/C13H12ClNOS/c14-11-5-6-17-13(11)12(16)7-9-3-1-2-4-10(9)8-15/h1-6H,7-8,15H2. The van der Waals surface area contributed by atoms with Gasteiger partial charge in [-0.3, -0.25) is 4.79 Å². The van der Waals surface area contributed by atoms with Crippen LogP contribution in [0.25, 0.3) is 0 Å². The molecule has 17 heavy (non-hydrogen) atoms. The van der Waals surface area contributed by atoms with Crippen LogP contribution in [0, 0.1) is 0 Å². The van der Waals surface area contributed by atoms with Crippen molar-refractivity contribution in [3.8, 4) is 0 Å². The molecule has 0 fully saturated rings. The van der Waals surface area contributed by atoms with Crippen LogP contribution in [-0.2, 0) is 13.0 Å². The second kappa shape index (κ2) is 5.45. The van der Waals surface area contributed by atoms with Gasteiger partial charge in [0.15, 0.2) is 5.78 Å². The van der Waals surface area contributed by atoms with Gasteiger partial charge in [0.25, 0.3) is 0 Å². The van der Waals surface area contributed by atoms with Crippen LogP contribution in [-0.4, -0.2) is 5.78 Å². The summed E-state index contributed by atoms with van der Waals surface area (Å²) >= 11 is 7.32. The van der Waals surface area contributed by atoms with Crippen molar-refractivity contribution in [2.45, 2.75) is 13.0 Å². The van der Waals surface area contributed by atoms with E-state index >= 15 is 0 Å². The van der Waals surface area contributed by atoms with Crippen molar-refractivity contribution in [1.82, 2.24) is 0 Å². The average Bonchev–Trinajstić information content (AvgIpc) is 2.76. The number of carbonyl (C=O) groups is 1. The van der Waals surface area contributed by atoms with Crippen molar-refractivity contribution >= 4 is 28.7 Å². The lowest BCUT2D eigenvalue weighted by atomic mass is 10.0. The summed E-state index contributed by atoms with van der Waals surface area (Å²) in [6.07, 6.45) is 0.355. The van der Waals surface area contributed by atoms with Crippen LogP contribution in [0.4, 0.5) is 0 Å². The number of ketones is 1. The molecular formula is C13H12ClNOS. The smallest absolute Gasteiger partial charge is 0.178 e. The highest BCUT2D eigenvalue weighted by Gasteiger charge is 2.13. The maximum Gasteiger partial charge on any atom is 0.178 e. The van der Waals surface area contributed by atoms with Crippen molar-refractivity contribution in [1.29, 1.82) is 0 Å². The first kappa shape index (κ1) is 12.3. The molecule has 0 atom stereocenters. The molecule has 2 nitrogen and oxygen atoms in total. The van der Waals surface area contributed by atoms with Gasteiger partial charge in [-0.1, -0.05) is 35.9 Å². The van der Waals surface area contributed by atoms with Crippen molar-refractivity contribution in [3.63, 3.8) is 0 Å². The normalized spacial score (nSPS) is 10.5. The van der Waals surface area contributed by atoms with E-state index in [4.69, 9.17) is 17.3 Å². The number of hydrogen-bond acceptors (Lipinski definition) is 3. The quantitative estimate of drug-likeness (QED) is 0.862. The van der Waals surface area contributed by atoms with Crippen molar-refractivity contribution in [2.24, 2.45) is 5.73 Å². The molecule has 1 heterocycles. The average molecular weight is 266 g/mol. The highest BCUT2D eigenvalue weighted by Crippen LogP contribution is 2.24. The second-order valence-electron chi connectivity index (χ2n) is 3.67. The molecule has 2 rings (SSSR count). The van der Waals surface area contributed by atoms with Crippen LogP contribution < -0.4 is 5.73 Å². The number of Topliss-reactive ketones (excluding diaryl/α,β-unsaturated/α-hetero) is 1. The van der Waals surface area contributed by atoms with Crippen molar-refractivity contribution in [3.05, 3.63) is 56.7 Å². The lowest BCUT2D eigenvalue weighted by molar-refractivity contribution is 0.0996. The maximum atomic E-state index is 12.0. The van der Waals surface area contributed by atoms with Gasteiger partial charge in [-0.2, -0.15) is 0 Å². The minimum Gasteiger partial charge on any atom is -0.326 e. The Morgan fingerprint density at radius 3 is 2.53 bits per heavy atom. The van der Waals surface area contributed by atoms with E-state index in [9.17, 15) is 4.79 Å². The minimum atomic E-state index is 0.0471. The summed E-state index contributed by atoms with van der Waals surface area (Å²) in [6, 6.07) is 9.46. The summed E-state index contributed by atoms with van der Waals surface area (Å²) < 4.78 is 0. The summed E-state index contributed by atoms with van der Waals surface area (Å²) in [7, 11) is 0. The van der Waals surface area contributed by atoms with Gasteiger partial charge >= 0.3 is 0 Å². The van der Waals surface area contributed by atoms with E-state index in [1.54, 1.807) is 6.07 Å². The molecule has 1 aromatic carbocycles. The first-order chi connectivity index (χ1) is 8.22. The minimum absolute atomic E-state index is 0.0471. The van der Waals surface area contributed by atoms with Crippen LogP contribution >= 0.6 is 22.9 Å². The fraction of sp³-hybridized carbons (Fsp3) is 0.154. The number of thiophene rings is 1. The van der Waals surface area contributed by atoms with Gasteiger partial charge in [0.2, 0.25) is 0 Å². The van der Waals surface area contributed by atoms with Crippen molar-refractivity contribution in [2.75, 3.05) is 0 Å². The molecule has 4 heteroatoms. The Hall–Kier alpha value is -1.16. The zero-order chi connectivity index (χ0) is 12.3. The molecule has 0 saturated heterocycles. The Morgan fingerprint density at radius 2 is 1.94 bits per heavy atom. The largest absolute Gasteiger partial charge is 0.326 e. The van der Waals surface area contributed by atoms with E-state index in [0.29, 0.717) is 22.9 Å². The Morgan fingerprint density at radius 1 is 1.24 bits per heavy atom.